The minimum absolute atomic E-state index is 0. The Morgan fingerprint density at radius 3 is 2.27 bits per heavy atom. The zero-order valence-corrected chi connectivity index (χ0v) is 13.8. The Hall–Kier alpha value is -1.95. The molecule has 0 unspecified atom stereocenters. The van der Waals surface area contributed by atoms with Crippen LogP contribution in [0.4, 0.5) is 10.5 Å². The largest absolute Gasteiger partial charge is 0.328 e. The monoisotopic (exact) mass is 330 g/mol. The smallest absolute Gasteiger partial charge is 0.277 e. The van der Waals surface area contributed by atoms with Crippen molar-refractivity contribution in [3.63, 3.8) is 0 Å². The van der Waals surface area contributed by atoms with Crippen LogP contribution in [-0.2, 0) is 9.59 Å². The molecule has 0 saturated carbocycles. The Morgan fingerprint density at radius 1 is 1.09 bits per heavy atom. The second kappa shape index (κ2) is 6.04. The first-order valence-electron chi connectivity index (χ1n) is 5.54. The summed E-state index contributed by atoms with van der Waals surface area (Å²) in [4.78, 5) is 45.0. The van der Waals surface area contributed by atoms with E-state index in [1.54, 1.807) is 0 Å². The molecule has 1 aliphatic rings. The average molecular weight is 330 g/mol. The second-order valence-electron chi connectivity index (χ2n) is 4.13. The topological polar surface area (TPSA) is 144 Å². The van der Waals surface area contributed by atoms with E-state index in [-0.39, 0.29) is 51.8 Å². The fourth-order valence-corrected chi connectivity index (χ4v) is 2.63. The van der Waals surface area contributed by atoms with Crippen molar-refractivity contribution in [2.75, 3.05) is 0 Å². The predicted octanol–water partition coefficient (Wildman–Crippen LogP) is -0.332. The minimum atomic E-state index is -1.31. The number of nitrogens with one attached hydrogen (secondary N) is 2. The van der Waals surface area contributed by atoms with Crippen LogP contribution in [0.15, 0.2) is 12.1 Å². The van der Waals surface area contributed by atoms with E-state index < -0.39 is 28.7 Å². The van der Waals surface area contributed by atoms with E-state index in [4.69, 9.17) is 0 Å². The third kappa shape index (κ3) is 2.59. The van der Waals surface area contributed by atoms with Crippen molar-refractivity contribution in [2.45, 2.75) is 5.92 Å². The van der Waals surface area contributed by atoms with E-state index in [1.165, 1.54) is 6.07 Å². The number of amides is 4. The molecule has 1 radical (unpaired) electrons. The normalized spacial score (nSPS) is 15.2. The zero-order valence-electron chi connectivity index (χ0n) is 11.0. The molecule has 0 bridgehead atoms. The van der Waals surface area contributed by atoms with E-state index >= 15 is 0 Å². The number of hydrogen-bond donors (Lipinski definition) is 2. The van der Waals surface area contributed by atoms with E-state index in [9.17, 15) is 24.5 Å². The molecule has 1 saturated heterocycles. The molecule has 1 aliphatic heterocycles. The fourth-order valence-electron chi connectivity index (χ4n) is 2.05. The standard InChI is InChI=1S/C10H5N5O5S.Na/c16-8-5(9(17)12-10(18)11-8)3-1-2-4(15(19)20)7-6(3)13-21-14-7;/h1-2,5H,(H2,11,12,16,17,18);. The number of imide groups is 2. The van der Waals surface area contributed by atoms with Gasteiger partial charge in [0.1, 0.15) is 11.4 Å². The first-order valence-corrected chi connectivity index (χ1v) is 6.27. The molecule has 1 fully saturated rings. The molecule has 1 aromatic carbocycles. The van der Waals surface area contributed by atoms with Gasteiger partial charge in [-0.05, 0) is 6.07 Å². The van der Waals surface area contributed by atoms with Crippen molar-refractivity contribution in [3.8, 4) is 0 Å². The summed E-state index contributed by atoms with van der Waals surface area (Å²) in [5, 5.41) is 14.8. The van der Waals surface area contributed by atoms with Crippen molar-refractivity contribution < 1.29 is 19.3 Å². The Kier molecular flexibility index (Phi) is 4.51. The maximum absolute atomic E-state index is 11.8. The van der Waals surface area contributed by atoms with Gasteiger partial charge in [-0.3, -0.25) is 30.3 Å². The van der Waals surface area contributed by atoms with Gasteiger partial charge in [-0.2, -0.15) is 8.75 Å². The van der Waals surface area contributed by atoms with Gasteiger partial charge in [-0.25, -0.2) is 4.79 Å². The van der Waals surface area contributed by atoms with Crippen LogP contribution in [0.3, 0.4) is 0 Å². The SMILES string of the molecule is O=C1NC(=O)C(c2ccc([N+](=O)[O-])c3nsnc23)C(=O)N1.[Na]. The number of aromatic nitrogens is 2. The number of barbiturate groups is 1. The van der Waals surface area contributed by atoms with Crippen molar-refractivity contribution in [1.82, 2.24) is 19.4 Å². The van der Waals surface area contributed by atoms with Crippen LogP contribution < -0.4 is 10.6 Å². The Balaban J connectivity index is 0.00000176. The van der Waals surface area contributed by atoms with Gasteiger partial charge in [0.15, 0.2) is 5.52 Å². The van der Waals surface area contributed by atoms with Crippen LogP contribution in [-0.4, -0.2) is 61.1 Å². The summed E-state index contributed by atoms with van der Waals surface area (Å²) in [6.45, 7) is 0. The molecule has 3 rings (SSSR count). The number of non-ortho nitro benzene ring substituents is 1. The predicted molar refractivity (Wildman–Crippen MR) is 74.2 cm³/mol. The van der Waals surface area contributed by atoms with Gasteiger partial charge in [0.05, 0.1) is 16.7 Å². The molecule has 2 heterocycles. The van der Waals surface area contributed by atoms with E-state index in [1.807, 2.05) is 10.6 Å². The second-order valence-corrected chi connectivity index (χ2v) is 4.66. The number of hydrogen-bond acceptors (Lipinski definition) is 8. The fraction of sp³-hybridized carbons (Fsp3) is 0.100. The third-order valence-electron chi connectivity index (χ3n) is 2.93. The maximum atomic E-state index is 11.8. The number of urea groups is 1. The molecule has 22 heavy (non-hydrogen) atoms. The van der Waals surface area contributed by atoms with Crippen molar-refractivity contribution in [3.05, 3.63) is 27.8 Å². The van der Waals surface area contributed by atoms with E-state index in [0.717, 1.165) is 17.8 Å². The summed E-state index contributed by atoms with van der Waals surface area (Å²) in [6, 6.07) is 1.51. The molecular weight excluding hydrogens is 325 g/mol. The molecule has 0 aliphatic carbocycles. The van der Waals surface area contributed by atoms with Gasteiger partial charge < -0.3 is 0 Å². The molecule has 1 aromatic heterocycles. The molecule has 107 valence electrons. The third-order valence-corrected chi connectivity index (χ3v) is 3.46. The molecular formula is C10H5N5NaO5S. The number of fused-ring (bicyclic) bond motifs is 1. The van der Waals surface area contributed by atoms with Crippen LogP contribution in [0.2, 0.25) is 0 Å². The van der Waals surface area contributed by atoms with Crippen LogP contribution >= 0.6 is 11.7 Å². The van der Waals surface area contributed by atoms with Gasteiger partial charge in [0, 0.05) is 41.2 Å². The number of nitro benzene ring substituents is 1. The van der Waals surface area contributed by atoms with Crippen molar-refractivity contribution in [2.24, 2.45) is 0 Å². The van der Waals surface area contributed by atoms with Crippen LogP contribution in [0.25, 0.3) is 11.0 Å². The van der Waals surface area contributed by atoms with Gasteiger partial charge >= 0.3 is 6.03 Å². The first kappa shape index (κ1) is 16.4. The summed E-state index contributed by atoms with van der Waals surface area (Å²) in [5.41, 5.74) is -0.0131. The Labute approximate surface area is 148 Å². The summed E-state index contributed by atoms with van der Waals surface area (Å²) in [6.07, 6.45) is 0. The Bertz CT molecular complexity index is 801. The van der Waals surface area contributed by atoms with Gasteiger partial charge in [0.25, 0.3) is 5.69 Å². The minimum Gasteiger partial charge on any atom is -0.277 e. The first-order chi connectivity index (χ1) is 9.99. The van der Waals surface area contributed by atoms with E-state index in [2.05, 4.69) is 8.75 Å². The molecule has 12 heteroatoms. The molecule has 10 nitrogen and oxygen atoms in total. The summed E-state index contributed by atoms with van der Waals surface area (Å²) < 4.78 is 7.72. The number of nitrogens with zero attached hydrogens (tertiary/aromatic N) is 3. The van der Waals surface area contributed by atoms with Crippen molar-refractivity contribution >= 4 is 75.9 Å². The molecule has 2 aromatic rings. The number of rotatable bonds is 2. The van der Waals surface area contributed by atoms with Gasteiger partial charge in [0.2, 0.25) is 11.8 Å². The number of carbonyl (C=O) groups excluding carboxylic acids is 3. The van der Waals surface area contributed by atoms with Gasteiger partial charge in [-0.1, -0.05) is 0 Å². The quantitative estimate of drug-likeness (QED) is 0.332. The van der Waals surface area contributed by atoms with E-state index in [0.29, 0.717) is 0 Å². The average Bonchev–Trinajstić information content (AvgIpc) is 2.86. The molecule has 4 amide bonds. The molecule has 0 spiro atoms. The van der Waals surface area contributed by atoms with Gasteiger partial charge in [-0.15, -0.1) is 0 Å². The van der Waals surface area contributed by atoms with Crippen LogP contribution in [0, 0.1) is 10.1 Å². The maximum Gasteiger partial charge on any atom is 0.328 e. The van der Waals surface area contributed by atoms with Crippen LogP contribution in [0.5, 0.6) is 0 Å². The zero-order chi connectivity index (χ0) is 15.1. The van der Waals surface area contributed by atoms with Crippen molar-refractivity contribution in [1.29, 1.82) is 0 Å². The number of benzene rings is 1. The summed E-state index contributed by atoms with van der Waals surface area (Å²) in [5.74, 6) is -2.94. The Morgan fingerprint density at radius 2 is 1.68 bits per heavy atom. The summed E-state index contributed by atoms with van der Waals surface area (Å²) >= 11 is 0.731. The molecule has 2 N–H and O–H groups in total. The molecule has 0 atom stereocenters. The number of carbonyl (C=O) groups is 3. The van der Waals surface area contributed by atoms with Crippen LogP contribution in [0.1, 0.15) is 11.5 Å². The summed E-state index contributed by atoms with van der Waals surface area (Å²) in [7, 11) is 0. The number of nitro groups is 1.